The summed E-state index contributed by atoms with van der Waals surface area (Å²) in [6.07, 6.45) is 6.30. The van der Waals surface area contributed by atoms with Crippen molar-refractivity contribution in [2.24, 2.45) is 11.7 Å². The summed E-state index contributed by atoms with van der Waals surface area (Å²) in [5, 5.41) is 7.25. The Morgan fingerprint density at radius 2 is 1.96 bits per heavy atom. The van der Waals surface area contributed by atoms with Crippen LogP contribution < -0.4 is 5.73 Å². The van der Waals surface area contributed by atoms with Gasteiger partial charge in [-0.15, -0.1) is 0 Å². The van der Waals surface area contributed by atoms with Gasteiger partial charge in [0.15, 0.2) is 0 Å². The van der Waals surface area contributed by atoms with E-state index in [-0.39, 0.29) is 18.1 Å². The molecule has 2 heterocycles. The Labute approximate surface area is 137 Å². The van der Waals surface area contributed by atoms with Crippen LogP contribution in [0.1, 0.15) is 61.5 Å². The Bertz CT molecular complexity index is 526. The van der Waals surface area contributed by atoms with Crippen molar-refractivity contribution in [2.75, 3.05) is 19.6 Å². The Kier molecular flexibility index (Phi) is 5.02. The number of nitrogens with zero attached hydrogens (tertiary/aromatic N) is 2. The maximum absolute atomic E-state index is 12.9. The first-order chi connectivity index (χ1) is 11.1. The van der Waals surface area contributed by atoms with E-state index in [1.807, 2.05) is 18.7 Å². The molecule has 2 fully saturated rings. The van der Waals surface area contributed by atoms with Crippen molar-refractivity contribution in [1.29, 1.82) is 0 Å². The van der Waals surface area contributed by atoms with Crippen LogP contribution in [0.3, 0.4) is 0 Å². The number of carbonyl (C=O) groups excluding carboxylic acids is 1. The molecule has 1 aliphatic heterocycles. The van der Waals surface area contributed by atoms with E-state index in [1.54, 1.807) is 6.20 Å². The lowest BCUT2D eigenvalue weighted by atomic mass is 9.79. The molecular weight excluding hydrogens is 292 g/mol. The van der Waals surface area contributed by atoms with Gasteiger partial charge in [-0.05, 0) is 52.0 Å². The van der Waals surface area contributed by atoms with Gasteiger partial charge in [0.05, 0.1) is 29.7 Å². The van der Waals surface area contributed by atoms with Gasteiger partial charge in [-0.1, -0.05) is 0 Å². The number of hydrogen-bond donors (Lipinski definition) is 2. The topological polar surface area (TPSA) is 84.2 Å². The molecule has 1 saturated heterocycles. The van der Waals surface area contributed by atoms with Gasteiger partial charge in [0, 0.05) is 19.0 Å². The Hall–Kier alpha value is -1.40. The maximum Gasteiger partial charge on any atom is 0.257 e. The van der Waals surface area contributed by atoms with E-state index in [4.69, 9.17) is 10.5 Å². The first-order valence-electron chi connectivity index (χ1n) is 8.76. The van der Waals surface area contributed by atoms with Gasteiger partial charge in [0.1, 0.15) is 0 Å². The molecule has 3 rings (SSSR count). The van der Waals surface area contributed by atoms with Crippen LogP contribution in [0.4, 0.5) is 0 Å². The van der Waals surface area contributed by atoms with E-state index < -0.39 is 0 Å². The first kappa shape index (κ1) is 16.5. The van der Waals surface area contributed by atoms with Crippen LogP contribution in [-0.2, 0) is 4.74 Å². The maximum atomic E-state index is 12.9. The predicted octanol–water partition coefficient (Wildman–Crippen LogP) is 1.89. The number of rotatable bonds is 3. The average Bonchev–Trinajstić information content (AvgIpc) is 3.03. The number of nitrogens with one attached hydrogen (secondary N) is 1. The second kappa shape index (κ2) is 7.01. The molecule has 1 aliphatic carbocycles. The summed E-state index contributed by atoms with van der Waals surface area (Å²) in [5.41, 5.74) is 7.53. The molecule has 1 amide bonds. The molecule has 0 radical (unpaired) electrons. The molecule has 0 aromatic carbocycles. The van der Waals surface area contributed by atoms with Crippen molar-refractivity contribution in [3.63, 3.8) is 0 Å². The largest absolute Gasteiger partial charge is 0.372 e. The molecule has 6 heteroatoms. The fourth-order valence-electron chi connectivity index (χ4n) is 3.98. The normalized spacial score (nSPS) is 32.0. The highest BCUT2D eigenvalue weighted by Crippen LogP contribution is 2.36. The summed E-state index contributed by atoms with van der Waals surface area (Å²) in [7, 11) is 0. The fraction of sp³-hybridized carbons (Fsp3) is 0.765. The highest BCUT2D eigenvalue weighted by Gasteiger charge is 2.31. The monoisotopic (exact) mass is 320 g/mol. The van der Waals surface area contributed by atoms with Crippen LogP contribution in [0.2, 0.25) is 0 Å². The van der Waals surface area contributed by atoms with E-state index in [9.17, 15) is 4.79 Å². The number of hydrogen-bond acceptors (Lipinski definition) is 4. The molecule has 0 bridgehead atoms. The lowest BCUT2D eigenvalue weighted by Gasteiger charge is -2.35. The number of nitrogens with two attached hydrogens (primary N) is 1. The van der Waals surface area contributed by atoms with Crippen molar-refractivity contribution in [2.45, 2.75) is 57.7 Å². The Balaban J connectivity index is 1.72. The molecule has 1 saturated carbocycles. The van der Waals surface area contributed by atoms with Gasteiger partial charge in [0.25, 0.3) is 5.91 Å². The number of amides is 1. The molecule has 2 atom stereocenters. The number of aromatic amines is 1. The molecule has 0 unspecified atom stereocenters. The van der Waals surface area contributed by atoms with Crippen LogP contribution in [0.5, 0.6) is 0 Å². The van der Waals surface area contributed by atoms with E-state index in [0.717, 1.165) is 43.5 Å². The zero-order valence-electron chi connectivity index (χ0n) is 14.1. The summed E-state index contributed by atoms with van der Waals surface area (Å²) in [6, 6.07) is 0. The van der Waals surface area contributed by atoms with Crippen molar-refractivity contribution in [1.82, 2.24) is 15.1 Å². The molecular formula is C17H28N4O2. The van der Waals surface area contributed by atoms with Crippen LogP contribution >= 0.6 is 0 Å². The van der Waals surface area contributed by atoms with E-state index >= 15 is 0 Å². The van der Waals surface area contributed by atoms with Gasteiger partial charge in [-0.2, -0.15) is 5.10 Å². The zero-order chi connectivity index (χ0) is 16.4. The van der Waals surface area contributed by atoms with Crippen LogP contribution in [-0.4, -0.2) is 52.8 Å². The highest BCUT2D eigenvalue weighted by atomic mass is 16.5. The summed E-state index contributed by atoms with van der Waals surface area (Å²) >= 11 is 0. The number of morpholine rings is 1. The second-order valence-corrected chi connectivity index (χ2v) is 7.12. The number of ether oxygens (including phenoxy) is 1. The summed E-state index contributed by atoms with van der Waals surface area (Å²) in [4.78, 5) is 14.8. The Morgan fingerprint density at radius 1 is 1.30 bits per heavy atom. The SMILES string of the molecule is C[C@@H]1CN(C(=O)c2cn[nH]c2C2CCC(CN)CC2)C[C@H](C)O1. The Morgan fingerprint density at radius 3 is 2.57 bits per heavy atom. The van der Waals surface area contributed by atoms with Gasteiger partial charge in [-0.25, -0.2) is 0 Å². The van der Waals surface area contributed by atoms with E-state index in [2.05, 4.69) is 10.2 Å². The van der Waals surface area contributed by atoms with Crippen molar-refractivity contribution in [3.05, 3.63) is 17.5 Å². The third kappa shape index (κ3) is 3.58. The van der Waals surface area contributed by atoms with Gasteiger partial charge in [-0.3, -0.25) is 9.89 Å². The molecule has 1 aromatic heterocycles. The molecule has 23 heavy (non-hydrogen) atoms. The minimum atomic E-state index is 0.0803. The smallest absolute Gasteiger partial charge is 0.257 e. The molecule has 128 valence electrons. The van der Waals surface area contributed by atoms with Gasteiger partial charge >= 0.3 is 0 Å². The highest BCUT2D eigenvalue weighted by molar-refractivity contribution is 5.95. The average molecular weight is 320 g/mol. The minimum absolute atomic E-state index is 0.0803. The lowest BCUT2D eigenvalue weighted by Crippen LogP contribution is -2.48. The molecule has 0 spiro atoms. The fourth-order valence-corrected chi connectivity index (χ4v) is 3.98. The minimum Gasteiger partial charge on any atom is -0.372 e. The predicted molar refractivity (Wildman–Crippen MR) is 88.3 cm³/mol. The third-order valence-corrected chi connectivity index (χ3v) is 5.19. The van der Waals surface area contributed by atoms with Crippen molar-refractivity contribution >= 4 is 5.91 Å². The van der Waals surface area contributed by atoms with Gasteiger partial charge < -0.3 is 15.4 Å². The zero-order valence-corrected chi connectivity index (χ0v) is 14.1. The molecule has 6 nitrogen and oxygen atoms in total. The van der Waals surface area contributed by atoms with Crippen LogP contribution in [0, 0.1) is 5.92 Å². The summed E-state index contributed by atoms with van der Waals surface area (Å²) in [6.45, 7) is 6.09. The van der Waals surface area contributed by atoms with Gasteiger partial charge in [0.2, 0.25) is 0 Å². The summed E-state index contributed by atoms with van der Waals surface area (Å²) in [5.74, 6) is 1.11. The van der Waals surface area contributed by atoms with Crippen LogP contribution in [0.15, 0.2) is 6.20 Å². The first-order valence-corrected chi connectivity index (χ1v) is 8.76. The number of aromatic nitrogens is 2. The van der Waals surface area contributed by atoms with Crippen LogP contribution in [0.25, 0.3) is 0 Å². The lowest BCUT2D eigenvalue weighted by molar-refractivity contribution is -0.0586. The molecule has 2 aliphatic rings. The second-order valence-electron chi connectivity index (χ2n) is 7.12. The quantitative estimate of drug-likeness (QED) is 0.891. The number of H-pyrrole nitrogens is 1. The van der Waals surface area contributed by atoms with E-state index in [1.165, 1.54) is 0 Å². The standard InChI is InChI=1S/C17H28N4O2/c1-11-9-21(10-12(2)23-11)17(22)15-8-19-20-16(15)14-5-3-13(7-18)4-6-14/h8,11-14H,3-7,9-10,18H2,1-2H3,(H,19,20)/t11-,12+,13?,14?. The molecule has 1 aromatic rings. The molecule has 3 N–H and O–H groups in total. The van der Waals surface area contributed by atoms with E-state index in [0.29, 0.717) is 24.9 Å². The number of carbonyl (C=O) groups is 1. The van der Waals surface area contributed by atoms with Crippen molar-refractivity contribution in [3.8, 4) is 0 Å². The van der Waals surface area contributed by atoms with Crippen molar-refractivity contribution < 1.29 is 9.53 Å². The third-order valence-electron chi connectivity index (χ3n) is 5.19. The summed E-state index contributed by atoms with van der Waals surface area (Å²) < 4.78 is 5.73.